The van der Waals surface area contributed by atoms with E-state index in [1.165, 1.54) is 0 Å². The van der Waals surface area contributed by atoms with Crippen molar-refractivity contribution in [3.8, 4) is 0 Å². The van der Waals surface area contributed by atoms with Gasteiger partial charge in [-0.2, -0.15) is 0 Å². The van der Waals surface area contributed by atoms with Gasteiger partial charge in [0.1, 0.15) is 0 Å². The molecule has 0 atom stereocenters. The van der Waals surface area contributed by atoms with Gasteiger partial charge in [-0.25, -0.2) is 0 Å². The van der Waals surface area contributed by atoms with Crippen LogP contribution >= 0.6 is 0 Å². The Bertz CT molecular complexity index is 151. The van der Waals surface area contributed by atoms with E-state index in [0.717, 1.165) is 13.0 Å². The number of nitrogens with one attached hydrogen (secondary N) is 1. The summed E-state index contributed by atoms with van der Waals surface area (Å²) in [6, 6.07) is 0. The molecule has 0 fully saturated rings. The van der Waals surface area contributed by atoms with Gasteiger partial charge in [-0.05, 0) is 33.2 Å². The van der Waals surface area contributed by atoms with Gasteiger partial charge in [0.05, 0.1) is 5.60 Å². The molecule has 0 aliphatic rings. The zero-order valence-electron chi connectivity index (χ0n) is 8.34. The van der Waals surface area contributed by atoms with E-state index >= 15 is 0 Å². The molecule has 4 nitrogen and oxygen atoms in total. The highest BCUT2D eigenvalue weighted by molar-refractivity contribution is 5.66. The predicted octanol–water partition coefficient (Wildman–Crippen LogP) is 0.602. The van der Waals surface area contributed by atoms with E-state index in [2.05, 4.69) is 5.32 Å². The molecule has 13 heavy (non-hydrogen) atoms. The van der Waals surface area contributed by atoms with Gasteiger partial charge in [-0.15, -0.1) is 0 Å². The zero-order valence-corrected chi connectivity index (χ0v) is 8.34. The second-order valence-corrected chi connectivity index (χ2v) is 3.84. The number of unbranched alkanes of at least 4 members (excludes halogenated alkanes) is 1. The lowest BCUT2D eigenvalue weighted by molar-refractivity contribution is -0.137. The average Bonchev–Trinajstić information content (AvgIpc) is 1.93. The monoisotopic (exact) mass is 189 g/mol. The van der Waals surface area contributed by atoms with E-state index < -0.39 is 11.6 Å². The first-order valence-electron chi connectivity index (χ1n) is 4.57. The summed E-state index contributed by atoms with van der Waals surface area (Å²) in [5.74, 6) is -0.748. The predicted molar refractivity (Wildman–Crippen MR) is 50.7 cm³/mol. The largest absolute Gasteiger partial charge is 0.481 e. The van der Waals surface area contributed by atoms with Gasteiger partial charge in [-0.1, -0.05) is 0 Å². The summed E-state index contributed by atoms with van der Waals surface area (Å²) in [6.07, 6.45) is 1.75. The van der Waals surface area contributed by atoms with Crippen molar-refractivity contribution in [2.75, 3.05) is 13.1 Å². The lowest BCUT2D eigenvalue weighted by Crippen LogP contribution is -2.35. The molecule has 0 rings (SSSR count). The molecule has 0 aliphatic carbocycles. The number of carboxylic acid groups (broad SMARTS) is 1. The molecular weight excluding hydrogens is 170 g/mol. The lowest BCUT2D eigenvalue weighted by atomic mass is 10.1. The summed E-state index contributed by atoms with van der Waals surface area (Å²) in [5.41, 5.74) is -0.688. The summed E-state index contributed by atoms with van der Waals surface area (Å²) in [7, 11) is 0. The molecular formula is C9H19NO3. The SMILES string of the molecule is CC(C)(O)CNCCCCC(=O)O. The van der Waals surface area contributed by atoms with Gasteiger partial charge in [0.2, 0.25) is 0 Å². The number of rotatable bonds is 7. The molecule has 0 aromatic rings. The van der Waals surface area contributed by atoms with Crippen molar-refractivity contribution in [2.45, 2.75) is 38.7 Å². The molecule has 0 radical (unpaired) electrons. The third kappa shape index (κ3) is 11.4. The van der Waals surface area contributed by atoms with E-state index in [-0.39, 0.29) is 6.42 Å². The molecule has 0 saturated heterocycles. The van der Waals surface area contributed by atoms with Crippen LogP contribution in [0.1, 0.15) is 33.1 Å². The van der Waals surface area contributed by atoms with E-state index in [1.54, 1.807) is 13.8 Å². The molecule has 0 amide bonds. The number of carboxylic acids is 1. The molecule has 0 unspecified atom stereocenters. The maximum atomic E-state index is 10.1. The summed E-state index contributed by atoms with van der Waals surface area (Å²) >= 11 is 0. The Hall–Kier alpha value is -0.610. The number of hydrogen-bond acceptors (Lipinski definition) is 3. The van der Waals surface area contributed by atoms with Crippen LogP contribution in [-0.4, -0.2) is 34.9 Å². The summed E-state index contributed by atoms with van der Waals surface area (Å²) < 4.78 is 0. The zero-order chi connectivity index (χ0) is 10.3. The minimum atomic E-state index is -0.748. The topological polar surface area (TPSA) is 69.6 Å². The van der Waals surface area contributed by atoms with E-state index in [0.29, 0.717) is 13.0 Å². The fraction of sp³-hybridized carbons (Fsp3) is 0.889. The van der Waals surface area contributed by atoms with Gasteiger partial charge >= 0.3 is 5.97 Å². The Balaban J connectivity index is 3.13. The molecule has 0 aliphatic heterocycles. The quantitative estimate of drug-likeness (QED) is 0.513. The maximum absolute atomic E-state index is 10.1. The molecule has 78 valence electrons. The van der Waals surface area contributed by atoms with E-state index in [4.69, 9.17) is 5.11 Å². The Morgan fingerprint density at radius 2 is 2.00 bits per heavy atom. The average molecular weight is 189 g/mol. The molecule has 0 bridgehead atoms. The van der Waals surface area contributed by atoms with Crippen molar-refractivity contribution >= 4 is 5.97 Å². The van der Waals surface area contributed by atoms with E-state index in [9.17, 15) is 9.90 Å². The van der Waals surface area contributed by atoms with Crippen LogP contribution in [0.2, 0.25) is 0 Å². The smallest absolute Gasteiger partial charge is 0.303 e. The Labute approximate surface area is 79.0 Å². The van der Waals surface area contributed by atoms with Crippen LogP contribution in [0, 0.1) is 0 Å². The summed E-state index contributed by atoms with van der Waals surface area (Å²) in [6.45, 7) is 4.77. The van der Waals surface area contributed by atoms with Crippen molar-refractivity contribution in [2.24, 2.45) is 0 Å². The second-order valence-electron chi connectivity index (χ2n) is 3.84. The van der Waals surface area contributed by atoms with Crippen LogP contribution in [0.25, 0.3) is 0 Å². The van der Waals surface area contributed by atoms with Crippen LogP contribution in [0.15, 0.2) is 0 Å². The van der Waals surface area contributed by atoms with Gasteiger partial charge in [0.25, 0.3) is 0 Å². The summed E-state index contributed by atoms with van der Waals surface area (Å²) in [5, 5.41) is 20.7. The van der Waals surface area contributed by atoms with Crippen LogP contribution in [-0.2, 0) is 4.79 Å². The maximum Gasteiger partial charge on any atom is 0.303 e. The van der Waals surface area contributed by atoms with Crippen molar-refractivity contribution in [1.29, 1.82) is 0 Å². The fourth-order valence-corrected chi connectivity index (χ4v) is 0.921. The van der Waals surface area contributed by atoms with Crippen molar-refractivity contribution in [1.82, 2.24) is 5.32 Å². The molecule has 0 spiro atoms. The molecule has 4 heteroatoms. The highest BCUT2D eigenvalue weighted by Crippen LogP contribution is 1.98. The van der Waals surface area contributed by atoms with Gasteiger partial charge in [0, 0.05) is 13.0 Å². The Morgan fingerprint density at radius 3 is 2.46 bits per heavy atom. The first kappa shape index (κ1) is 12.4. The van der Waals surface area contributed by atoms with Crippen molar-refractivity contribution < 1.29 is 15.0 Å². The number of aliphatic hydroxyl groups is 1. The van der Waals surface area contributed by atoms with Gasteiger partial charge < -0.3 is 15.5 Å². The third-order valence-electron chi connectivity index (χ3n) is 1.55. The molecule has 0 aromatic heterocycles. The third-order valence-corrected chi connectivity index (χ3v) is 1.55. The van der Waals surface area contributed by atoms with Crippen LogP contribution in [0.3, 0.4) is 0 Å². The van der Waals surface area contributed by atoms with Crippen LogP contribution in [0.5, 0.6) is 0 Å². The standard InChI is InChI=1S/C9H19NO3/c1-9(2,13)7-10-6-4-3-5-8(11)12/h10,13H,3-7H2,1-2H3,(H,11,12). The van der Waals surface area contributed by atoms with E-state index in [1.807, 2.05) is 0 Å². The van der Waals surface area contributed by atoms with Gasteiger partial charge in [-0.3, -0.25) is 4.79 Å². The molecule has 0 aromatic carbocycles. The number of aliphatic carboxylic acids is 1. The Morgan fingerprint density at radius 1 is 1.38 bits per heavy atom. The van der Waals surface area contributed by atoms with Crippen molar-refractivity contribution in [3.63, 3.8) is 0 Å². The number of hydrogen-bond donors (Lipinski definition) is 3. The molecule has 0 saturated carbocycles. The lowest BCUT2D eigenvalue weighted by Gasteiger charge is -2.17. The highest BCUT2D eigenvalue weighted by atomic mass is 16.4. The fourth-order valence-electron chi connectivity index (χ4n) is 0.921. The normalized spacial score (nSPS) is 11.6. The minimum Gasteiger partial charge on any atom is -0.481 e. The minimum absolute atomic E-state index is 0.226. The molecule has 3 N–H and O–H groups in total. The van der Waals surface area contributed by atoms with Gasteiger partial charge in [0.15, 0.2) is 0 Å². The second kappa shape index (κ2) is 5.94. The van der Waals surface area contributed by atoms with Crippen molar-refractivity contribution in [3.05, 3.63) is 0 Å². The van der Waals surface area contributed by atoms with Crippen LogP contribution in [0.4, 0.5) is 0 Å². The first-order valence-corrected chi connectivity index (χ1v) is 4.57. The number of carbonyl (C=O) groups is 1. The summed E-state index contributed by atoms with van der Waals surface area (Å²) in [4.78, 5) is 10.1. The Kier molecular flexibility index (Phi) is 5.66. The first-order chi connectivity index (χ1) is 5.92. The highest BCUT2D eigenvalue weighted by Gasteiger charge is 2.10. The molecule has 0 heterocycles. The van der Waals surface area contributed by atoms with Crippen LogP contribution < -0.4 is 5.32 Å².